The molecular formula is C23H20N4O2S2. The summed E-state index contributed by atoms with van der Waals surface area (Å²) in [5.41, 5.74) is 3.82. The van der Waals surface area contributed by atoms with Crippen molar-refractivity contribution < 1.29 is 9.32 Å². The number of anilines is 1. The molecule has 3 heterocycles. The number of rotatable bonds is 6. The van der Waals surface area contributed by atoms with Crippen molar-refractivity contribution in [2.45, 2.75) is 32.1 Å². The van der Waals surface area contributed by atoms with Crippen LogP contribution in [0.2, 0.25) is 0 Å². The van der Waals surface area contributed by atoms with E-state index in [-0.39, 0.29) is 5.91 Å². The molecule has 0 aliphatic carbocycles. The van der Waals surface area contributed by atoms with Gasteiger partial charge in [0.15, 0.2) is 0 Å². The summed E-state index contributed by atoms with van der Waals surface area (Å²) in [6.45, 7) is 5.89. The highest BCUT2D eigenvalue weighted by atomic mass is 32.2. The van der Waals surface area contributed by atoms with E-state index in [0.717, 1.165) is 15.3 Å². The van der Waals surface area contributed by atoms with E-state index < -0.39 is 0 Å². The van der Waals surface area contributed by atoms with Crippen LogP contribution in [-0.2, 0) is 0 Å². The first-order valence-electron chi connectivity index (χ1n) is 9.72. The van der Waals surface area contributed by atoms with Crippen molar-refractivity contribution in [2.24, 2.45) is 0 Å². The van der Waals surface area contributed by atoms with Crippen LogP contribution in [0.1, 0.15) is 32.2 Å². The molecule has 0 aliphatic heterocycles. The number of carbonyl (C=O) groups is 1. The lowest BCUT2D eigenvalue weighted by molar-refractivity contribution is 0.102. The van der Waals surface area contributed by atoms with E-state index in [4.69, 9.17) is 9.78 Å². The standard InChI is InChI=1S/C23H20N4O2S2/c1-13-11-16(15(3)31-13)19-12-17(21-14(2)27-29-23(21)26-19)22(28)25-18-7-4-5-8-20(18)30-10-6-9-24/h4-5,7-8,11-12H,6,10H2,1-3H3,(H,25,28). The average molecular weight is 449 g/mol. The second kappa shape index (κ2) is 8.92. The molecular weight excluding hydrogens is 428 g/mol. The van der Waals surface area contributed by atoms with Crippen LogP contribution < -0.4 is 5.32 Å². The van der Waals surface area contributed by atoms with Gasteiger partial charge < -0.3 is 9.84 Å². The molecule has 0 unspecified atom stereocenters. The van der Waals surface area contributed by atoms with Crippen molar-refractivity contribution in [1.82, 2.24) is 10.1 Å². The second-order valence-electron chi connectivity index (χ2n) is 7.04. The molecule has 1 aromatic carbocycles. The first kappa shape index (κ1) is 21.1. The predicted octanol–water partition coefficient (Wildman–Crippen LogP) is 6.13. The number of nitrogens with zero attached hydrogens (tertiary/aromatic N) is 3. The number of carbonyl (C=O) groups excluding carboxylic acids is 1. The number of benzene rings is 1. The lowest BCUT2D eigenvalue weighted by Gasteiger charge is -2.11. The van der Waals surface area contributed by atoms with Gasteiger partial charge in [-0.15, -0.1) is 23.1 Å². The van der Waals surface area contributed by atoms with E-state index in [9.17, 15) is 4.79 Å². The number of para-hydroxylation sites is 1. The van der Waals surface area contributed by atoms with E-state index in [2.05, 4.69) is 27.6 Å². The maximum absolute atomic E-state index is 13.4. The minimum Gasteiger partial charge on any atom is -0.335 e. The van der Waals surface area contributed by atoms with Crippen LogP contribution >= 0.6 is 23.1 Å². The molecule has 6 nitrogen and oxygen atoms in total. The molecule has 0 bridgehead atoms. The van der Waals surface area contributed by atoms with E-state index in [0.29, 0.717) is 45.9 Å². The van der Waals surface area contributed by atoms with Crippen molar-refractivity contribution in [1.29, 1.82) is 5.26 Å². The molecule has 156 valence electrons. The third-order valence-electron chi connectivity index (χ3n) is 4.79. The first-order chi connectivity index (χ1) is 15.0. The summed E-state index contributed by atoms with van der Waals surface area (Å²) in [5, 5.41) is 16.5. The second-order valence-corrected chi connectivity index (χ2v) is 9.63. The number of thiophene rings is 1. The molecule has 0 fully saturated rings. The summed E-state index contributed by atoms with van der Waals surface area (Å²) >= 11 is 3.23. The minimum atomic E-state index is -0.252. The van der Waals surface area contributed by atoms with Gasteiger partial charge in [-0.3, -0.25) is 4.79 Å². The zero-order chi connectivity index (χ0) is 22.0. The van der Waals surface area contributed by atoms with Crippen molar-refractivity contribution in [2.75, 3.05) is 11.1 Å². The molecule has 4 rings (SSSR count). The Bertz CT molecular complexity index is 1320. The van der Waals surface area contributed by atoms with Gasteiger partial charge >= 0.3 is 0 Å². The van der Waals surface area contributed by atoms with Gasteiger partial charge in [-0.25, -0.2) is 4.98 Å². The zero-order valence-electron chi connectivity index (χ0n) is 17.4. The number of hydrogen-bond acceptors (Lipinski definition) is 7. The van der Waals surface area contributed by atoms with Gasteiger partial charge in [0.05, 0.1) is 34.1 Å². The molecule has 3 aromatic heterocycles. The predicted molar refractivity (Wildman–Crippen MR) is 125 cm³/mol. The van der Waals surface area contributed by atoms with Crippen LogP contribution in [0.15, 0.2) is 45.8 Å². The summed E-state index contributed by atoms with van der Waals surface area (Å²) < 4.78 is 5.42. The zero-order valence-corrected chi connectivity index (χ0v) is 19.0. The maximum Gasteiger partial charge on any atom is 0.259 e. The molecule has 1 N–H and O–H groups in total. The number of amides is 1. The Morgan fingerprint density at radius 2 is 2.06 bits per heavy atom. The summed E-state index contributed by atoms with van der Waals surface area (Å²) in [6.07, 6.45) is 0.445. The van der Waals surface area contributed by atoms with Gasteiger partial charge in [0.1, 0.15) is 0 Å². The average Bonchev–Trinajstić information content (AvgIpc) is 3.30. The number of fused-ring (bicyclic) bond motifs is 1. The number of hydrogen-bond donors (Lipinski definition) is 1. The normalized spacial score (nSPS) is 10.9. The number of aryl methyl sites for hydroxylation is 3. The molecule has 0 atom stereocenters. The number of pyridine rings is 1. The van der Waals surface area contributed by atoms with Crippen LogP contribution in [0.3, 0.4) is 0 Å². The Hall–Kier alpha value is -3.15. The fourth-order valence-electron chi connectivity index (χ4n) is 3.39. The highest BCUT2D eigenvalue weighted by Gasteiger charge is 2.21. The quantitative estimate of drug-likeness (QED) is 0.282. The van der Waals surface area contributed by atoms with Crippen LogP contribution in [0.4, 0.5) is 5.69 Å². The molecule has 4 aromatic rings. The summed E-state index contributed by atoms with van der Waals surface area (Å²) in [4.78, 5) is 21.2. The summed E-state index contributed by atoms with van der Waals surface area (Å²) in [5.74, 6) is 0.409. The Morgan fingerprint density at radius 1 is 1.26 bits per heavy atom. The minimum absolute atomic E-state index is 0.252. The van der Waals surface area contributed by atoms with Gasteiger partial charge in [-0.05, 0) is 45.0 Å². The largest absolute Gasteiger partial charge is 0.335 e. The van der Waals surface area contributed by atoms with Gasteiger partial charge in [0.2, 0.25) is 0 Å². The van der Waals surface area contributed by atoms with Crippen LogP contribution in [0.25, 0.3) is 22.4 Å². The summed E-state index contributed by atoms with van der Waals surface area (Å²) in [6, 6.07) is 13.6. The van der Waals surface area contributed by atoms with Crippen LogP contribution in [-0.4, -0.2) is 21.8 Å². The topological polar surface area (TPSA) is 91.8 Å². The molecule has 0 radical (unpaired) electrons. The Balaban J connectivity index is 1.74. The highest BCUT2D eigenvalue weighted by Crippen LogP contribution is 2.34. The smallest absolute Gasteiger partial charge is 0.259 e. The maximum atomic E-state index is 13.4. The molecule has 1 amide bonds. The number of nitrogens with one attached hydrogen (secondary N) is 1. The molecule has 31 heavy (non-hydrogen) atoms. The van der Waals surface area contributed by atoms with Gasteiger partial charge in [-0.1, -0.05) is 17.3 Å². The third-order valence-corrected chi connectivity index (χ3v) is 6.83. The molecule has 0 saturated heterocycles. The van der Waals surface area contributed by atoms with Gasteiger partial charge in [0.25, 0.3) is 11.6 Å². The van der Waals surface area contributed by atoms with Crippen LogP contribution in [0, 0.1) is 32.1 Å². The van der Waals surface area contributed by atoms with Crippen LogP contribution in [0.5, 0.6) is 0 Å². The van der Waals surface area contributed by atoms with E-state index >= 15 is 0 Å². The van der Waals surface area contributed by atoms with Crippen molar-refractivity contribution in [3.05, 3.63) is 57.4 Å². The fourth-order valence-corrected chi connectivity index (χ4v) is 5.18. The fraction of sp³-hybridized carbons (Fsp3) is 0.217. The van der Waals surface area contributed by atoms with E-state index in [1.807, 2.05) is 44.2 Å². The Labute approximate surface area is 188 Å². The van der Waals surface area contributed by atoms with E-state index in [1.54, 1.807) is 30.0 Å². The van der Waals surface area contributed by atoms with Crippen molar-refractivity contribution in [3.8, 4) is 17.3 Å². The molecule has 0 saturated carbocycles. The lowest BCUT2D eigenvalue weighted by atomic mass is 10.1. The third kappa shape index (κ3) is 4.33. The number of thioether (sulfide) groups is 1. The SMILES string of the molecule is Cc1cc(-c2cc(C(=O)Nc3ccccc3SCCC#N)c3c(C)noc3n2)c(C)s1. The summed E-state index contributed by atoms with van der Waals surface area (Å²) in [7, 11) is 0. The first-order valence-corrected chi connectivity index (χ1v) is 11.5. The highest BCUT2D eigenvalue weighted by molar-refractivity contribution is 7.99. The Morgan fingerprint density at radius 3 is 2.81 bits per heavy atom. The molecule has 0 aliphatic rings. The molecule has 8 heteroatoms. The number of aromatic nitrogens is 2. The lowest BCUT2D eigenvalue weighted by Crippen LogP contribution is -2.14. The molecule has 0 spiro atoms. The van der Waals surface area contributed by atoms with Gasteiger partial charge in [0, 0.05) is 32.4 Å². The Kier molecular flexibility index (Phi) is 6.07. The monoisotopic (exact) mass is 448 g/mol. The number of nitriles is 1. The van der Waals surface area contributed by atoms with Crippen molar-refractivity contribution in [3.63, 3.8) is 0 Å². The van der Waals surface area contributed by atoms with Gasteiger partial charge in [-0.2, -0.15) is 5.26 Å². The van der Waals surface area contributed by atoms with E-state index in [1.165, 1.54) is 4.88 Å². The van der Waals surface area contributed by atoms with Crippen molar-refractivity contribution >= 4 is 45.8 Å².